The highest BCUT2D eigenvalue weighted by Crippen LogP contribution is 2.18. The van der Waals surface area contributed by atoms with Crippen molar-refractivity contribution in [1.82, 2.24) is 14.4 Å². The maximum absolute atomic E-state index is 11.6. The molecule has 84 valence electrons. The van der Waals surface area contributed by atoms with E-state index in [1.165, 1.54) is 16.9 Å². The molecule has 0 aromatic carbocycles. The van der Waals surface area contributed by atoms with Crippen molar-refractivity contribution in [2.45, 2.75) is 19.9 Å². The molecule has 2 unspecified atom stereocenters. The predicted molar refractivity (Wildman–Crippen MR) is 55.9 cm³/mol. The lowest BCUT2D eigenvalue weighted by atomic mass is 10.4. The van der Waals surface area contributed by atoms with Crippen molar-refractivity contribution in [2.24, 2.45) is 0 Å². The van der Waals surface area contributed by atoms with Crippen molar-refractivity contribution >= 4 is 14.1 Å². The highest BCUT2D eigenvalue weighted by atomic mass is 31.1. The molecule has 1 N–H and O–H groups in total. The minimum atomic E-state index is -2.23. The van der Waals surface area contributed by atoms with Gasteiger partial charge >= 0.3 is 5.97 Å². The molecule has 1 aromatic heterocycles. The van der Waals surface area contributed by atoms with E-state index in [4.69, 9.17) is 4.74 Å². The third-order valence-electron chi connectivity index (χ3n) is 1.72. The van der Waals surface area contributed by atoms with E-state index < -0.39 is 20.1 Å². The quantitative estimate of drug-likeness (QED) is 0.595. The Morgan fingerprint density at radius 2 is 2.47 bits per heavy atom. The summed E-state index contributed by atoms with van der Waals surface area (Å²) in [5.74, 6) is -0.407. The van der Waals surface area contributed by atoms with Crippen molar-refractivity contribution in [2.75, 3.05) is 6.61 Å². The van der Waals surface area contributed by atoms with Gasteiger partial charge in [0.05, 0.1) is 6.61 Å². The molecule has 15 heavy (non-hydrogen) atoms. The fraction of sp³-hybridized carbons (Fsp3) is 0.500. The molecular weight excluding hydrogens is 217 g/mol. The number of esters is 1. The molecule has 0 bridgehead atoms. The minimum absolute atomic E-state index is 0.316. The topological polar surface area (TPSA) is 73.2 Å². The molecule has 1 heterocycles. The normalized spacial score (nSPS) is 14.5. The van der Waals surface area contributed by atoms with Gasteiger partial charge in [0, 0.05) is 12.4 Å². The lowest BCUT2D eigenvalue weighted by molar-refractivity contribution is -0.144. The molecule has 6 nitrogen and oxygen atoms in total. The van der Waals surface area contributed by atoms with Gasteiger partial charge in [-0.1, -0.05) is 0 Å². The van der Waals surface area contributed by atoms with Crippen molar-refractivity contribution in [3.05, 3.63) is 18.7 Å². The second kappa shape index (κ2) is 5.68. The van der Waals surface area contributed by atoms with E-state index in [1.54, 1.807) is 20.0 Å². The second-order valence-electron chi connectivity index (χ2n) is 2.89. The number of nitrogens with zero attached hydrogens (tertiary/aromatic N) is 2. The summed E-state index contributed by atoms with van der Waals surface area (Å²) in [5.41, 5.74) is 0. The first-order valence-corrected chi connectivity index (χ1v) is 5.96. The number of hydrogen-bond acceptors (Lipinski definition) is 4. The Morgan fingerprint density at radius 1 is 1.73 bits per heavy atom. The van der Waals surface area contributed by atoms with Gasteiger partial charge in [-0.2, -0.15) is 0 Å². The number of aromatic nitrogens is 2. The van der Waals surface area contributed by atoms with Crippen LogP contribution in [0.1, 0.15) is 13.8 Å². The van der Waals surface area contributed by atoms with Crippen LogP contribution in [0, 0.1) is 0 Å². The van der Waals surface area contributed by atoms with Crippen molar-refractivity contribution < 1.29 is 14.1 Å². The average Bonchev–Trinajstić information content (AvgIpc) is 2.70. The van der Waals surface area contributed by atoms with Crippen LogP contribution >= 0.6 is 8.10 Å². The number of ether oxygens (including phenoxy) is 1. The Hall–Kier alpha value is -1.13. The largest absolute Gasteiger partial charge is 0.465 e. The minimum Gasteiger partial charge on any atom is -0.465 e. The van der Waals surface area contributed by atoms with Gasteiger partial charge in [-0.25, -0.2) is 10.1 Å². The van der Waals surface area contributed by atoms with Gasteiger partial charge in [0.15, 0.2) is 0 Å². The van der Waals surface area contributed by atoms with E-state index in [1.807, 2.05) is 0 Å². The van der Waals surface area contributed by atoms with Crippen LogP contribution < -0.4 is 5.09 Å². The molecule has 2 atom stereocenters. The van der Waals surface area contributed by atoms with E-state index in [2.05, 4.69) is 10.1 Å². The van der Waals surface area contributed by atoms with Gasteiger partial charge in [0.1, 0.15) is 12.4 Å². The van der Waals surface area contributed by atoms with E-state index in [9.17, 15) is 9.36 Å². The van der Waals surface area contributed by atoms with E-state index in [-0.39, 0.29) is 0 Å². The van der Waals surface area contributed by atoms with Crippen LogP contribution in [0.15, 0.2) is 18.7 Å². The Labute approximate surface area is 88.5 Å². The molecule has 0 saturated heterocycles. The molecule has 0 amide bonds. The highest BCUT2D eigenvalue weighted by Gasteiger charge is 2.15. The Morgan fingerprint density at radius 3 is 3.00 bits per heavy atom. The van der Waals surface area contributed by atoms with Gasteiger partial charge in [-0.15, -0.1) is 0 Å². The fourth-order valence-electron chi connectivity index (χ4n) is 0.965. The molecule has 0 aliphatic carbocycles. The maximum Gasteiger partial charge on any atom is 0.323 e. The Bertz CT molecular complexity index is 339. The summed E-state index contributed by atoms with van der Waals surface area (Å²) >= 11 is 0. The van der Waals surface area contributed by atoms with Crippen LogP contribution in [0.25, 0.3) is 0 Å². The molecule has 1 rings (SSSR count). The first-order valence-electron chi connectivity index (χ1n) is 4.60. The van der Waals surface area contributed by atoms with E-state index >= 15 is 0 Å². The zero-order valence-electron chi connectivity index (χ0n) is 8.64. The lowest BCUT2D eigenvalue weighted by Crippen LogP contribution is -2.31. The highest BCUT2D eigenvalue weighted by molar-refractivity contribution is 7.40. The molecule has 0 spiro atoms. The molecule has 0 aliphatic rings. The van der Waals surface area contributed by atoms with Crippen LogP contribution in [0.5, 0.6) is 0 Å². The van der Waals surface area contributed by atoms with Crippen LogP contribution in [-0.4, -0.2) is 27.9 Å². The Balaban J connectivity index is 2.48. The summed E-state index contributed by atoms with van der Waals surface area (Å²) in [4.78, 5) is 15.0. The molecule has 1 aromatic rings. The number of rotatable bonds is 5. The molecule has 0 fully saturated rings. The first kappa shape index (κ1) is 11.9. The number of hydrogen-bond donors (Lipinski definition) is 1. The fourth-order valence-corrected chi connectivity index (χ4v) is 1.98. The van der Waals surface area contributed by atoms with Crippen LogP contribution in [0.3, 0.4) is 0 Å². The number of imidazole rings is 1. The summed E-state index contributed by atoms with van der Waals surface area (Å²) in [7, 11) is -2.23. The van der Waals surface area contributed by atoms with Crippen LogP contribution in [0.2, 0.25) is 0 Å². The summed E-state index contributed by atoms with van der Waals surface area (Å²) in [5, 5.41) is 2.66. The van der Waals surface area contributed by atoms with Gasteiger partial charge in [0.2, 0.25) is 8.10 Å². The lowest BCUT2D eigenvalue weighted by Gasteiger charge is -2.12. The smallest absolute Gasteiger partial charge is 0.323 e. The molecule has 0 saturated carbocycles. The molecular formula is C8H14N3O3P. The standard InChI is InChI=1S/C8H14N3O3P/c1-3-14-8(12)7(2)10-15(13)11-5-4-9-6-11/h4-7,15H,3H2,1-2H3,(H,10,13). The molecule has 0 radical (unpaired) electrons. The maximum atomic E-state index is 11.6. The van der Waals surface area contributed by atoms with Gasteiger partial charge in [-0.05, 0) is 13.8 Å². The Kier molecular flexibility index (Phi) is 4.52. The van der Waals surface area contributed by atoms with E-state index in [0.29, 0.717) is 6.61 Å². The van der Waals surface area contributed by atoms with Gasteiger partial charge in [-0.3, -0.25) is 13.7 Å². The predicted octanol–water partition coefficient (Wildman–Crippen LogP) is 0.662. The third-order valence-corrected chi connectivity index (χ3v) is 3.13. The SMILES string of the molecule is CCOC(=O)C(C)N[PH](=O)n1ccnc1. The summed E-state index contributed by atoms with van der Waals surface area (Å²) in [6.45, 7) is 3.65. The second-order valence-corrected chi connectivity index (χ2v) is 4.31. The summed E-state index contributed by atoms with van der Waals surface area (Å²) in [6, 6.07) is -0.585. The third kappa shape index (κ3) is 3.49. The number of carbonyl (C=O) groups excluding carboxylic acids is 1. The zero-order chi connectivity index (χ0) is 11.3. The van der Waals surface area contributed by atoms with Crippen LogP contribution in [0.4, 0.5) is 0 Å². The van der Waals surface area contributed by atoms with Crippen molar-refractivity contribution in [1.29, 1.82) is 0 Å². The van der Waals surface area contributed by atoms with Gasteiger partial charge in [0.25, 0.3) is 0 Å². The van der Waals surface area contributed by atoms with Crippen molar-refractivity contribution in [3.63, 3.8) is 0 Å². The van der Waals surface area contributed by atoms with Crippen molar-refractivity contribution in [3.8, 4) is 0 Å². The summed E-state index contributed by atoms with van der Waals surface area (Å²) < 4.78 is 17.8. The number of carbonyl (C=O) groups is 1. The zero-order valence-corrected chi connectivity index (χ0v) is 9.64. The van der Waals surface area contributed by atoms with E-state index in [0.717, 1.165) is 0 Å². The summed E-state index contributed by atoms with van der Waals surface area (Å²) in [6.07, 6.45) is 4.54. The number of nitrogens with one attached hydrogen (secondary N) is 1. The molecule has 0 aliphatic heterocycles. The molecule has 7 heteroatoms. The first-order chi connectivity index (χ1) is 7.15. The van der Waals surface area contributed by atoms with Gasteiger partial charge < -0.3 is 4.74 Å². The monoisotopic (exact) mass is 231 g/mol. The average molecular weight is 231 g/mol. The van der Waals surface area contributed by atoms with Crippen LogP contribution in [-0.2, 0) is 14.1 Å².